The van der Waals surface area contributed by atoms with Crippen molar-refractivity contribution >= 4 is 0 Å². The van der Waals surface area contributed by atoms with Gasteiger partial charge in [0.15, 0.2) is 0 Å². The van der Waals surface area contributed by atoms with Crippen molar-refractivity contribution in [3.05, 3.63) is 0 Å². The smallest absolute Gasteiger partial charge is 0.0221 e. The van der Waals surface area contributed by atoms with Crippen LogP contribution in [0.2, 0.25) is 0 Å². The predicted octanol–water partition coefficient (Wildman–Crippen LogP) is 0.532. The van der Waals surface area contributed by atoms with Crippen molar-refractivity contribution in [3.8, 4) is 0 Å². The fourth-order valence-corrected chi connectivity index (χ4v) is 3.12. The molecule has 4 heteroatoms. The van der Waals surface area contributed by atoms with Crippen LogP contribution in [0.5, 0.6) is 0 Å². The van der Waals surface area contributed by atoms with E-state index in [1.807, 2.05) is 6.92 Å². The van der Waals surface area contributed by atoms with Crippen LogP contribution in [0.1, 0.15) is 47.0 Å². The van der Waals surface area contributed by atoms with Crippen LogP contribution in [0.25, 0.3) is 0 Å². The Balaban J connectivity index is 2.89. The van der Waals surface area contributed by atoms with Crippen LogP contribution in [-0.4, -0.2) is 23.2 Å². The van der Waals surface area contributed by atoms with Crippen molar-refractivity contribution < 1.29 is 0 Å². The lowest BCUT2D eigenvalue weighted by molar-refractivity contribution is 0.0823. The highest BCUT2D eigenvalue weighted by Crippen LogP contribution is 2.41. The zero-order valence-corrected chi connectivity index (χ0v) is 11.7. The minimum atomic E-state index is -0.252. The Bertz CT molecular complexity index is 255. The zero-order valence-electron chi connectivity index (χ0n) is 11.7. The Morgan fingerprint density at radius 3 is 2.24 bits per heavy atom. The van der Waals surface area contributed by atoms with Crippen LogP contribution >= 0.6 is 0 Å². The van der Waals surface area contributed by atoms with Gasteiger partial charge in [0.05, 0.1) is 0 Å². The Morgan fingerprint density at radius 2 is 1.82 bits per heavy atom. The average Bonchev–Trinajstić information content (AvgIpc) is 2.14. The topological polar surface area (TPSA) is 104 Å². The molecule has 0 saturated heterocycles. The molecule has 8 N–H and O–H groups in total. The maximum absolute atomic E-state index is 6.31. The summed E-state index contributed by atoms with van der Waals surface area (Å²) in [7, 11) is 0. The SMILES string of the molecule is CC(N)C(N)C1CCC(C)(N)CC1C(C)(C)N. The van der Waals surface area contributed by atoms with Gasteiger partial charge in [-0.2, -0.15) is 0 Å². The van der Waals surface area contributed by atoms with Crippen molar-refractivity contribution in [1.29, 1.82) is 0 Å². The van der Waals surface area contributed by atoms with E-state index in [1.54, 1.807) is 0 Å². The Kier molecular flexibility index (Phi) is 4.24. The zero-order chi connectivity index (χ0) is 13.4. The van der Waals surface area contributed by atoms with Gasteiger partial charge < -0.3 is 22.9 Å². The van der Waals surface area contributed by atoms with Gasteiger partial charge in [-0.15, -0.1) is 0 Å². The van der Waals surface area contributed by atoms with Gasteiger partial charge in [0.2, 0.25) is 0 Å². The van der Waals surface area contributed by atoms with Crippen LogP contribution in [0, 0.1) is 11.8 Å². The van der Waals surface area contributed by atoms with E-state index in [2.05, 4.69) is 20.8 Å². The lowest BCUT2D eigenvalue weighted by atomic mass is 9.62. The monoisotopic (exact) mass is 242 g/mol. The summed E-state index contributed by atoms with van der Waals surface area (Å²) in [5, 5.41) is 0. The van der Waals surface area contributed by atoms with Gasteiger partial charge >= 0.3 is 0 Å². The van der Waals surface area contributed by atoms with E-state index >= 15 is 0 Å². The van der Waals surface area contributed by atoms with Crippen molar-refractivity contribution in [1.82, 2.24) is 0 Å². The molecule has 0 aromatic heterocycles. The molecule has 0 heterocycles. The molecule has 0 aromatic carbocycles. The molecule has 0 amide bonds. The average molecular weight is 242 g/mol. The minimum absolute atomic E-state index is 0.00646. The summed E-state index contributed by atoms with van der Waals surface area (Å²) >= 11 is 0. The molecule has 1 aliphatic rings. The largest absolute Gasteiger partial charge is 0.327 e. The second-order valence-electron chi connectivity index (χ2n) is 6.93. The Hall–Kier alpha value is -0.160. The fourth-order valence-electron chi connectivity index (χ4n) is 3.12. The summed E-state index contributed by atoms with van der Waals surface area (Å²) in [5.41, 5.74) is 24.4. The number of hydrogen-bond acceptors (Lipinski definition) is 4. The molecule has 1 fully saturated rings. The van der Waals surface area contributed by atoms with E-state index in [9.17, 15) is 0 Å². The molecule has 0 aromatic rings. The summed E-state index contributed by atoms with van der Waals surface area (Å²) < 4.78 is 0. The lowest BCUT2D eigenvalue weighted by Crippen LogP contribution is -2.59. The third-order valence-electron chi connectivity index (χ3n) is 4.31. The number of nitrogens with two attached hydrogens (primary N) is 4. The van der Waals surface area contributed by atoms with Gasteiger partial charge in [0.25, 0.3) is 0 Å². The molecular weight excluding hydrogens is 212 g/mol. The van der Waals surface area contributed by atoms with Crippen LogP contribution in [0.3, 0.4) is 0 Å². The second-order valence-corrected chi connectivity index (χ2v) is 6.93. The molecule has 1 saturated carbocycles. The molecule has 102 valence electrons. The summed E-state index contributed by atoms with van der Waals surface area (Å²) in [6.07, 6.45) is 2.97. The highest BCUT2D eigenvalue weighted by Gasteiger charge is 2.44. The molecule has 0 bridgehead atoms. The van der Waals surface area contributed by atoms with Crippen LogP contribution < -0.4 is 22.9 Å². The predicted molar refractivity (Wildman–Crippen MR) is 73.3 cm³/mol. The summed E-state index contributed by atoms with van der Waals surface area (Å²) in [4.78, 5) is 0. The van der Waals surface area contributed by atoms with Gasteiger partial charge in [0, 0.05) is 23.2 Å². The first-order chi connectivity index (χ1) is 7.54. The lowest BCUT2D eigenvalue weighted by Gasteiger charge is -2.49. The maximum Gasteiger partial charge on any atom is 0.0221 e. The van der Waals surface area contributed by atoms with Crippen LogP contribution in [0.15, 0.2) is 0 Å². The Labute approximate surface area is 105 Å². The molecule has 1 rings (SSSR count). The molecule has 0 spiro atoms. The van der Waals surface area contributed by atoms with E-state index < -0.39 is 0 Å². The maximum atomic E-state index is 6.31. The molecule has 0 radical (unpaired) electrons. The van der Waals surface area contributed by atoms with Gasteiger partial charge in [-0.25, -0.2) is 0 Å². The third-order valence-corrected chi connectivity index (χ3v) is 4.31. The number of hydrogen-bond donors (Lipinski definition) is 4. The molecule has 0 aliphatic heterocycles. The molecule has 4 nitrogen and oxygen atoms in total. The second kappa shape index (κ2) is 4.84. The molecule has 5 atom stereocenters. The summed E-state index contributed by atoms with van der Waals surface area (Å²) in [6.45, 7) is 8.22. The van der Waals surface area contributed by atoms with Crippen molar-refractivity contribution in [2.75, 3.05) is 0 Å². The Morgan fingerprint density at radius 1 is 1.29 bits per heavy atom. The first-order valence-electron chi connectivity index (χ1n) is 6.63. The third kappa shape index (κ3) is 3.65. The normalized spacial score (nSPS) is 38.8. The molecule has 1 aliphatic carbocycles. The highest BCUT2D eigenvalue weighted by atomic mass is 14.8. The minimum Gasteiger partial charge on any atom is -0.327 e. The first kappa shape index (κ1) is 14.9. The summed E-state index contributed by atoms with van der Waals surface area (Å²) in [5.74, 6) is 0.721. The van der Waals surface area contributed by atoms with Gasteiger partial charge in [-0.1, -0.05) is 0 Å². The van der Waals surface area contributed by atoms with Crippen LogP contribution in [-0.2, 0) is 0 Å². The highest BCUT2D eigenvalue weighted by molar-refractivity contribution is 5.01. The first-order valence-corrected chi connectivity index (χ1v) is 6.63. The van der Waals surface area contributed by atoms with E-state index in [0.717, 1.165) is 19.3 Å². The molecule has 5 unspecified atom stereocenters. The quantitative estimate of drug-likeness (QED) is 0.579. The van der Waals surface area contributed by atoms with E-state index in [0.29, 0.717) is 11.8 Å². The van der Waals surface area contributed by atoms with E-state index in [-0.39, 0.29) is 23.2 Å². The van der Waals surface area contributed by atoms with Crippen LogP contribution in [0.4, 0.5) is 0 Å². The van der Waals surface area contributed by atoms with Gasteiger partial charge in [0.1, 0.15) is 0 Å². The van der Waals surface area contributed by atoms with Crippen molar-refractivity contribution in [2.24, 2.45) is 34.8 Å². The summed E-state index contributed by atoms with van der Waals surface area (Å²) in [6, 6.07) is 0.0194. The van der Waals surface area contributed by atoms with Gasteiger partial charge in [-0.05, 0) is 58.8 Å². The molecular formula is C13H30N4. The standard InChI is InChI=1S/C13H30N4/c1-8(14)11(15)9-5-6-13(4,17)7-10(9)12(2,3)16/h8-11H,5-7,14-17H2,1-4H3. The van der Waals surface area contributed by atoms with Crippen molar-refractivity contribution in [3.63, 3.8) is 0 Å². The van der Waals surface area contributed by atoms with E-state index in [4.69, 9.17) is 22.9 Å². The van der Waals surface area contributed by atoms with Gasteiger partial charge in [-0.3, -0.25) is 0 Å². The van der Waals surface area contributed by atoms with Crippen molar-refractivity contribution in [2.45, 2.75) is 70.1 Å². The molecule has 17 heavy (non-hydrogen) atoms. The van der Waals surface area contributed by atoms with E-state index in [1.165, 1.54) is 0 Å². The number of rotatable bonds is 3. The fraction of sp³-hybridized carbons (Fsp3) is 1.00.